The molecule has 2 rings (SSSR count). The Balaban J connectivity index is 2.18. The first kappa shape index (κ1) is 29.5. The first-order chi connectivity index (χ1) is 16.7. The lowest BCUT2D eigenvalue weighted by Crippen LogP contribution is -2.52. The maximum absolute atomic E-state index is 13.3. The fourth-order valence-corrected chi connectivity index (χ4v) is 4.86. The minimum Gasteiger partial charge on any atom is -0.495 e. The summed E-state index contributed by atoms with van der Waals surface area (Å²) in [5.74, 6) is -0.0582. The van der Waals surface area contributed by atoms with Gasteiger partial charge in [0.2, 0.25) is 21.8 Å². The molecule has 0 radical (unpaired) electrons. The highest BCUT2D eigenvalue weighted by atomic mass is 35.5. The number of sulfonamides is 1. The molecule has 198 valence electrons. The molecule has 2 amide bonds. The van der Waals surface area contributed by atoms with Gasteiger partial charge in [-0.15, -0.1) is 0 Å². The molecule has 0 saturated carbocycles. The zero-order chi connectivity index (χ0) is 27.1. The normalized spacial score (nSPS) is 12.5. The van der Waals surface area contributed by atoms with E-state index in [-0.39, 0.29) is 42.8 Å². The van der Waals surface area contributed by atoms with Crippen molar-refractivity contribution in [3.8, 4) is 5.75 Å². The van der Waals surface area contributed by atoms with Gasteiger partial charge in [-0.2, -0.15) is 0 Å². The van der Waals surface area contributed by atoms with Crippen LogP contribution in [0.15, 0.2) is 48.5 Å². The quantitative estimate of drug-likeness (QED) is 0.463. The molecule has 0 aliphatic rings. The number of nitrogens with zero attached hydrogens (tertiary/aromatic N) is 2. The molecular weight excluding hydrogens is 502 g/mol. The van der Waals surface area contributed by atoms with E-state index in [1.54, 1.807) is 19.1 Å². The number of carbonyl (C=O) groups excluding carboxylic acids is 2. The molecule has 1 N–H and O–H groups in total. The Morgan fingerprint density at radius 1 is 1.11 bits per heavy atom. The number of benzene rings is 2. The summed E-state index contributed by atoms with van der Waals surface area (Å²) in [6, 6.07) is 13.4. The van der Waals surface area contributed by atoms with Crippen LogP contribution in [0, 0.1) is 0 Å². The number of hydrogen-bond donors (Lipinski definition) is 1. The van der Waals surface area contributed by atoms with Crippen molar-refractivity contribution in [1.29, 1.82) is 0 Å². The summed E-state index contributed by atoms with van der Waals surface area (Å²) in [6.45, 7) is 7.69. The molecule has 0 saturated heterocycles. The average Bonchev–Trinajstić information content (AvgIpc) is 2.78. The predicted molar refractivity (Wildman–Crippen MR) is 144 cm³/mol. The van der Waals surface area contributed by atoms with Crippen LogP contribution in [0.3, 0.4) is 0 Å². The monoisotopic (exact) mass is 537 g/mol. The van der Waals surface area contributed by atoms with Crippen molar-refractivity contribution in [2.75, 3.05) is 24.2 Å². The topological polar surface area (TPSA) is 96.0 Å². The van der Waals surface area contributed by atoms with Crippen LogP contribution in [0.4, 0.5) is 5.69 Å². The molecule has 8 nitrogen and oxygen atoms in total. The zero-order valence-corrected chi connectivity index (χ0v) is 23.3. The van der Waals surface area contributed by atoms with Crippen LogP contribution in [-0.4, -0.2) is 56.6 Å². The summed E-state index contributed by atoms with van der Waals surface area (Å²) in [5, 5.41) is 3.21. The number of halogens is 1. The molecule has 1 atom stereocenters. The predicted octanol–water partition coefficient (Wildman–Crippen LogP) is 4.23. The molecule has 0 heterocycles. The van der Waals surface area contributed by atoms with Crippen molar-refractivity contribution in [3.63, 3.8) is 0 Å². The number of anilines is 1. The van der Waals surface area contributed by atoms with Crippen molar-refractivity contribution >= 4 is 39.1 Å². The Kier molecular flexibility index (Phi) is 10.2. The first-order valence-electron chi connectivity index (χ1n) is 11.7. The second-order valence-electron chi connectivity index (χ2n) is 9.68. The first-order valence-corrected chi connectivity index (χ1v) is 13.9. The van der Waals surface area contributed by atoms with Crippen molar-refractivity contribution in [2.24, 2.45) is 0 Å². The van der Waals surface area contributed by atoms with E-state index in [2.05, 4.69) is 5.32 Å². The van der Waals surface area contributed by atoms with Gasteiger partial charge >= 0.3 is 0 Å². The maximum Gasteiger partial charge on any atom is 0.242 e. The molecule has 2 aromatic carbocycles. The third-order valence-corrected chi connectivity index (χ3v) is 6.93. The van der Waals surface area contributed by atoms with Gasteiger partial charge in [-0.3, -0.25) is 13.9 Å². The molecule has 0 unspecified atom stereocenters. The fourth-order valence-electron chi connectivity index (χ4n) is 3.65. The molecular formula is C26H36ClN3O5S. The average molecular weight is 538 g/mol. The summed E-state index contributed by atoms with van der Waals surface area (Å²) >= 11 is 6.19. The largest absolute Gasteiger partial charge is 0.495 e. The molecule has 36 heavy (non-hydrogen) atoms. The number of nitrogens with one attached hydrogen (secondary N) is 1. The van der Waals surface area contributed by atoms with Crippen LogP contribution in [0.25, 0.3) is 0 Å². The lowest BCUT2D eigenvalue weighted by molar-refractivity contribution is -0.141. The van der Waals surface area contributed by atoms with E-state index >= 15 is 0 Å². The van der Waals surface area contributed by atoms with Crippen molar-refractivity contribution in [2.45, 2.75) is 58.7 Å². The van der Waals surface area contributed by atoms with E-state index in [0.717, 1.165) is 11.8 Å². The van der Waals surface area contributed by atoms with E-state index in [1.807, 2.05) is 51.1 Å². The van der Waals surface area contributed by atoms with E-state index in [0.29, 0.717) is 11.4 Å². The van der Waals surface area contributed by atoms with E-state index in [9.17, 15) is 18.0 Å². The van der Waals surface area contributed by atoms with Crippen LogP contribution in [0.1, 0.15) is 46.1 Å². The Labute approximate surface area is 219 Å². The van der Waals surface area contributed by atoms with Crippen molar-refractivity contribution < 1.29 is 22.7 Å². The highest BCUT2D eigenvalue weighted by Gasteiger charge is 2.28. The van der Waals surface area contributed by atoms with Gasteiger partial charge < -0.3 is 15.0 Å². The van der Waals surface area contributed by atoms with Gasteiger partial charge in [0, 0.05) is 25.0 Å². The standard InChI is InChI=1S/C26H36ClN3O5S/c1-19(25(32)28-26(2,3)4)29(18-20-11-8-7-9-12-20)24(31)13-10-16-30(36(6,33)34)21-14-15-23(35-5)22(27)17-21/h7-9,11-12,14-15,17,19H,10,13,16,18H2,1-6H3,(H,28,32)/t19-/m0/s1. The lowest BCUT2D eigenvalue weighted by Gasteiger charge is -2.32. The van der Waals surface area contributed by atoms with Gasteiger partial charge in [0.15, 0.2) is 0 Å². The number of ether oxygens (including phenoxy) is 1. The summed E-state index contributed by atoms with van der Waals surface area (Å²) in [5.41, 5.74) is 0.837. The van der Waals surface area contributed by atoms with Crippen LogP contribution >= 0.6 is 11.6 Å². The molecule has 2 aromatic rings. The fraction of sp³-hybridized carbons (Fsp3) is 0.462. The molecule has 0 fully saturated rings. The van der Waals surface area contributed by atoms with Gasteiger partial charge in [-0.05, 0) is 57.9 Å². The summed E-state index contributed by atoms with van der Waals surface area (Å²) in [4.78, 5) is 27.7. The van der Waals surface area contributed by atoms with Crippen molar-refractivity contribution in [3.05, 3.63) is 59.1 Å². The molecule has 0 aliphatic heterocycles. The van der Waals surface area contributed by atoms with E-state index < -0.39 is 21.6 Å². The van der Waals surface area contributed by atoms with E-state index in [4.69, 9.17) is 16.3 Å². The Bertz CT molecular complexity index is 1150. The minimum absolute atomic E-state index is 0.0654. The van der Waals surface area contributed by atoms with E-state index in [1.165, 1.54) is 22.4 Å². The molecule has 0 aliphatic carbocycles. The molecule has 0 bridgehead atoms. The van der Waals surface area contributed by atoms with Crippen LogP contribution < -0.4 is 14.4 Å². The highest BCUT2D eigenvalue weighted by molar-refractivity contribution is 7.92. The Morgan fingerprint density at radius 3 is 2.28 bits per heavy atom. The van der Waals surface area contributed by atoms with Crippen LogP contribution in [-0.2, 0) is 26.2 Å². The van der Waals surface area contributed by atoms with Gasteiger partial charge in [0.25, 0.3) is 0 Å². The highest BCUT2D eigenvalue weighted by Crippen LogP contribution is 2.30. The van der Waals surface area contributed by atoms with Gasteiger partial charge in [-0.1, -0.05) is 41.9 Å². The van der Waals surface area contributed by atoms with Crippen LogP contribution in [0.2, 0.25) is 5.02 Å². The van der Waals surface area contributed by atoms with Crippen LogP contribution in [0.5, 0.6) is 5.75 Å². The Hall–Kier alpha value is -2.78. The van der Waals surface area contributed by atoms with Gasteiger partial charge in [-0.25, -0.2) is 8.42 Å². The third kappa shape index (κ3) is 8.71. The second-order valence-corrected chi connectivity index (χ2v) is 12.0. The van der Waals surface area contributed by atoms with Gasteiger partial charge in [0.05, 0.1) is 24.1 Å². The number of rotatable bonds is 11. The minimum atomic E-state index is -3.63. The molecule has 0 aromatic heterocycles. The van der Waals surface area contributed by atoms with Gasteiger partial charge in [0.1, 0.15) is 11.8 Å². The number of carbonyl (C=O) groups is 2. The molecule has 10 heteroatoms. The lowest BCUT2D eigenvalue weighted by atomic mass is 10.1. The zero-order valence-electron chi connectivity index (χ0n) is 21.7. The SMILES string of the molecule is COc1ccc(N(CCCC(=O)N(Cc2ccccc2)[C@@H](C)C(=O)NC(C)(C)C)S(C)(=O)=O)cc1Cl. The number of hydrogen-bond acceptors (Lipinski definition) is 5. The van der Waals surface area contributed by atoms with Crippen molar-refractivity contribution in [1.82, 2.24) is 10.2 Å². The number of methoxy groups -OCH3 is 1. The third-order valence-electron chi connectivity index (χ3n) is 5.44. The molecule has 0 spiro atoms. The number of amides is 2. The summed E-state index contributed by atoms with van der Waals surface area (Å²) < 4.78 is 31.3. The second kappa shape index (κ2) is 12.5. The summed E-state index contributed by atoms with van der Waals surface area (Å²) in [6.07, 6.45) is 1.43. The summed E-state index contributed by atoms with van der Waals surface area (Å²) in [7, 11) is -2.15. The smallest absolute Gasteiger partial charge is 0.242 e. The maximum atomic E-state index is 13.3. The Morgan fingerprint density at radius 2 is 1.75 bits per heavy atom.